The molecule has 0 fully saturated rings. The van der Waals surface area contributed by atoms with E-state index in [9.17, 15) is 15.0 Å². The fourth-order valence-electron chi connectivity index (χ4n) is 4.16. The molecule has 9 heteroatoms. The van der Waals surface area contributed by atoms with Crippen LogP contribution in [0.2, 0.25) is 5.02 Å². The molecule has 3 aromatic rings. The Morgan fingerprint density at radius 1 is 1.21 bits per heavy atom. The number of aliphatic hydroxyl groups excluding tert-OH is 1. The van der Waals surface area contributed by atoms with E-state index in [4.69, 9.17) is 21.1 Å². The molecule has 3 N–H and O–H groups in total. The van der Waals surface area contributed by atoms with Gasteiger partial charge in [0, 0.05) is 22.7 Å². The van der Waals surface area contributed by atoms with Gasteiger partial charge in [-0.15, -0.1) is 0 Å². The number of halogens is 1. The van der Waals surface area contributed by atoms with E-state index >= 15 is 0 Å². The Labute approximate surface area is 203 Å². The fraction of sp³-hybridized carbons (Fsp3) is 0.360. The van der Waals surface area contributed by atoms with Crippen molar-refractivity contribution >= 4 is 17.5 Å². The first-order valence-corrected chi connectivity index (χ1v) is 11.5. The summed E-state index contributed by atoms with van der Waals surface area (Å²) in [5, 5.41) is 27.7. The number of hydrogen-bond donors (Lipinski definition) is 3. The third-order valence-corrected chi connectivity index (χ3v) is 6.11. The number of H-pyrrole nitrogens is 1. The molecule has 0 saturated heterocycles. The largest absolute Gasteiger partial charge is 0.507 e. The first kappa shape index (κ1) is 23.9. The summed E-state index contributed by atoms with van der Waals surface area (Å²) in [4.78, 5) is 14.8. The second-order valence-corrected chi connectivity index (χ2v) is 9.02. The van der Waals surface area contributed by atoms with Gasteiger partial charge in [-0.05, 0) is 48.2 Å². The number of fused-ring (bicyclic) bond motifs is 1. The molecule has 1 atom stereocenters. The third kappa shape index (κ3) is 4.43. The molecule has 180 valence electrons. The quantitative estimate of drug-likeness (QED) is 0.414. The van der Waals surface area contributed by atoms with Crippen molar-refractivity contribution in [2.45, 2.75) is 26.3 Å². The molecule has 0 aliphatic carbocycles. The number of aromatic amines is 1. The highest BCUT2D eigenvalue weighted by molar-refractivity contribution is 6.31. The van der Waals surface area contributed by atoms with Gasteiger partial charge in [0.15, 0.2) is 11.5 Å². The van der Waals surface area contributed by atoms with Crippen LogP contribution in [0.5, 0.6) is 17.2 Å². The SMILES string of the molecule is COc1cc(C2c3c(-c4cc(Cl)ccc4O)n[nH]c3C(=O)N2CCO)ccc1OCCC(C)C. The Morgan fingerprint density at radius 3 is 2.71 bits per heavy atom. The molecule has 1 aliphatic rings. The first-order valence-electron chi connectivity index (χ1n) is 11.1. The van der Waals surface area contributed by atoms with Crippen LogP contribution in [0.3, 0.4) is 0 Å². The summed E-state index contributed by atoms with van der Waals surface area (Å²) in [6, 6.07) is 9.65. The van der Waals surface area contributed by atoms with Crippen LogP contribution in [0.25, 0.3) is 11.3 Å². The molecule has 1 amide bonds. The topological polar surface area (TPSA) is 108 Å². The maximum Gasteiger partial charge on any atom is 0.273 e. The number of aliphatic hydroxyl groups is 1. The minimum Gasteiger partial charge on any atom is -0.507 e. The molecule has 0 bridgehead atoms. The molecular formula is C25H28ClN3O5. The summed E-state index contributed by atoms with van der Waals surface area (Å²) in [6.45, 7) is 4.76. The second kappa shape index (κ2) is 9.95. The number of amides is 1. The summed E-state index contributed by atoms with van der Waals surface area (Å²) in [5.74, 6) is 1.39. The van der Waals surface area contributed by atoms with E-state index in [1.807, 2.05) is 18.2 Å². The van der Waals surface area contributed by atoms with Crippen LogP contribution in [0.15, 0.2) is 36.4 Å². The summed E-state index contributed by atoms with van der Waals surface area (Å²) in [6.07, 6.45) is 0.914. The van der Waals surface area contributed by atoms with Gasteiger partial charge < -0.3 is 24.6 Å². The molecule has 34 heavy (non-hydrogen) atoms. The van der Waals surface area contributed by atoms with E-state index in [2.05, 4.69) is 24.0 Å². The van der Waals surface area contributed by atoms with Crippen LogP contribution in [-0.4, -0.2) is 58.1 Å². The van der Waals surface area contributed by atoms with Gasteiger partial charge in [0.2, 0.25) is 0 Å². The van der Waals surface area contributed by atoms with Crippen LogP contribution in [-0.2, 0) is 0 Å². The van der Waals surface area contributed by atoms with E-state index < -0.39 is 6.04 Å². The zero-order valence-corrected chi connectivity index (χ0v) is 20.1. The number of phenolic OH excluding ortho intramolecular Hbond substituents is 1. The fourth-order valence-corrected chi connectivity index (χ4v) is 4.34. The van der Waals surface area contributed by atoms with Crippen molar-refractivity contribution in [3.63, 3.8) is 0 Å². The van der Waals surface area contributed by atoms with E-state index in [-0.39, 0.29) is 24.8 Å². The van der Waals surface area contributed by atoms with E-state index in [0.29, 0.717) is 51.6 Å². The van der Waals surface area contributed by atoms with E-state index in [1.54, 1.807) is 24.1 Å². The minimum atomic E-state index is -0.555. The number of β-amino-alcohol motifs (C(OH)–C–C–N with tert-alkyl or cyclic N) is 1. The maximum atomic E-state index is 13.2. The number of benzene rings is 2. The molecule has 1 aliphatic heterocycles. The molecule has 0 saturated carbocycles. The molecule has 2 heterocycles. The Morgan fingerprint density at radius 2 is 2.00 bits per heavy atom. The second-order valence-electron chi connectivity index (χ2n) is 8.59. The minimum absolute atomic E-state index is 0.00279. The highest BCUT2D eigenvalue weighted by atomic mass is 35.5. The van der Waals surface area contributed by atoms with Gasteiger partial charge in [0.1, 0.15) is 17.1 Å². The number of aromatic hydroxyl groups is 1. The van der Waals surface area contributed by atoms with Gasteiger partial charge >= 0.3 is 0 Å². The van der Waals surface area contributed by atoms with Gasteiger partial charge in [-0.3, -0.25) is 9.89 Å². The van der Waals surface area contributed by atoms with Crippen molar-refractivity contribution in [3.05, 3.63) is 58.2 Å². The standard InChI is InChI=1S/C25H28ClN3O5/c1-14(2)8-11-34-19-7-4-15(12-20(19)33-3)24-21-22(17-13-16(26)5-6-18(17)31)27-28-23(21)25(32)29(24)9-10-30/h4-7,12-14,24,30-31H,8-11H2,1-3H3,(H,27,28). The Balaban J connectivity index is 1.79. The van der Waals surface area contributed by atoms with Crippen molar-refractivity contribution < 1.29 is 24.5 Å². The predicted octanol–water partition coefficient (Wildman–Crippen LogP) is 4.41. The average molecular weight is 486 g/mol. The number of aromatic nitrogens is 2. The summed E-state index contributed by atoms with van der Waals surface area (Å²) in [5.41, 5.74) is 2.51. The molecule has 0 radical (unpaired) electrons. The summed E-state index contributed by atoms with van der Waals surface area (Å²) < 4.78 is 11.5. The maximum absolute atomic E-state index is 13.2. The van der Waals surface area contributed by atoms with E-state index in [0.717, 1.165) is 12.0 Å². The van der Waals surface area contributed by atoms with Crippen molar-refractivity contribution in [2.24, 2.45) is 5.92 Å². The Bertz CT molecular complexity index is 1190. The number of rotatable bonds is 9. The highest BCUT2D eigenvalue weighted by Gasteiger charge is 2.42. The predicted molar refractivity (Wildman–Crippen MR) is 129 cm³/mol. The molecule has 0 spiro atoms. The molecule has 4 rings (SSSR count). The number of ether oxygens (including phenoxy) is 2. The van der Waals surface area contributed by atoms with Gasteiger partial charge in [-0.2, -0.15) is 5.10 Å². The number of methoxy groups -OCH3 is 1. The molecule has 1 unspecified atom stereocenters. The molecule has 8 nitrogen and oxygen atoms in total. The first-order chi connectivity index (χ1) is 16.3. The van der Waals surface area contributed by atoms with Crippen LogP contribution in [0, 0.1) is 5.92 Å². The lowest BCUT2D eigenvalue weighted by atomic mass is 9.95. The Kier molecular flexibility index (Phi) is 7.00. The zero-order chi connectivity index (χ0) is 24.4. The van der Waals surface area contributed by atoms with Crippen LogP contribution < -0.4 is 9.47 Å². The number of hydrogen-bond acceptors (Lipinski definition) is 6. The van der Waals surface area contributed by atoms with Gasteiger partial charge in [0.05, 0.1) is 26.4 Å². The molecular weight excluding hydrogens is 458 g/mol. The lowest BCUT2D eigenvalue weighted by Gasteiger charge is -2.26. The van der Waals surface area contributed by atoms with Crippen molar-refractivity contribution in [1.29, 1.82) is 0 Å². The van der Waals surface area contributed by atoms with Crippen molar-refractivity contribution in [2.75, 3.05) is 26.9 Å². The zero-order valence-electron chi connectivity index (χ0n) is 19.3. The number of nitrogens with zero attached hydrogens (tertiary/aromatic N) is 2. The Hall–Kier alpha value is -3.23. The average Bonchev–Trinajstić information content (AvgIpc) is 3.35. The molecule has 1 aromatic heterocycles. The van der Waals surface area contributed by atoms with Crippen LogP contribution in [0.1, 0.15) is 47.9 Å². The van der Waals surface area contributed by atoms with Crippen molar-refractivity contribution in [3.8, 4) is 28.5 Å². The van der Waals surface area contributed by atoms with Crippen LogP contribution >= 0.6 is 11.6 Å². The van der Waals surface area contributed by atoms with Crippen molar-refractivity contribution in [1.82, 2.24) is 15.1 Å². The summed E-state index contributed by atoms with van der Waals surface area (Å²) in [7, 11) is 1.57. The number of carbonyl (C=O) groups excluding carboxylic acids is 1. The lowest BCUT2D eigenvalue weighted by Crippen LogP contribution is -2.32. The van der Waals surface area contributed by atoms with Crippen LogP contribution in [0.4, 0.5) is 0 Å². The normalized spacial score (nSPS) is 15.2. The monoisotopic (exact) mass is 485 g/mol. The highest BCUT2D eigenvalue weighted by Crippen LogP contribution is 2.46. The smallest absolute Gasteiger partial charge is 0.273 e. The van der Waals surface area contributed by atoms with Gasteiger partial charge in [0.25, 0.3) is 5.91 Å². The third-order valence-electron chi connectivity index (χ3n) is 5.87. The number of phenols is 1. The van der Waals surface area contributed by atoms with Gasteiger partial charge in [-0.25, -0.2) is 0 Å². The van der Waals surface area contributed by atoms with E-state index in [1.165, 1.54) is 6.07 Å². The lowest BCUT2D eigenvalue weighted by molar-refractivity contribution is 0.0706. The molecule has 2 aromatic carbocycles. The number of carbonyl (C=O) groups is 1. The number of nitrogens with one attached hydrogen (secondary N) is 1. The summed E-state index contributed by atoms with van der Waals surface area (Å²) >= 11 is 6.17. The van der Waals surface area contributed by atoms with Gasteiger partial charge in [-0.1, -0.05) is 31.5 Å².